The standard InChI is InChI=1S/C15H15N3O2/c1-10-17-12(8-16)13(18(10)2)5-3-11-4-6-14-15(7-11)20-9-19-14/h4,6-7H,3,5,9H2,1-2H3. The molecule has 0 spiro atoms. The monoisotopic (exact) mass is 269 g/mol. The predicted molar refractivity (Wildman–Crippen MR) is 72.6 cm³/mol. The molecule has 0 N–H and O–H groups in total. The Balaban J connectivity index is 1.79. The Morgan fingerprint density at radius 3 is 2.90 bits per heavy atom. The van der Waals surface area contributed by atoms with Crippen molar-refractivity contribution >= 4 is 0 Å². The minimum atomic E-state index is 0.290. The van der Waals surface area contributed by atoms with Gasteiger partial charge in [-0.05, 0) is 37.5 Å². The summed E-state index contributed by atoms with van der Waals surface area (Å²) in [6, 6.07) is 8.11. The van der Waals surface area contributed by atoms with E-state index in [9.17, 15) is 0 Å². The summed E-state index contributed by atoms with van der Waals surface area (Å²) >= 11 is 0. The number of nitriles is 1. The van der Waals surface area contributed by atoms with E-state index in [1.807, 2.05) is 36.7 Å². The van der Waals surface area contributed by atoms with Crippen LogP contribution in [0.5, 0.6) is 11.5 Å². The highest BCUT2D eigenvalue weighted by molar-refractivity contribution is 5.44. The van der Waals surface area contributed by atoms with Crippen molar-refractivity contribution in [3.05, 3.63) is 41.0 Å². The highest BCUT2D eigenvalue weighted by Crippen LogP contribution is 2.32. The lowest BCUT2D eigenvalue weighted by molar-refractivity contribution is 0.174. The summed E-state index contributed by atoms with van der Waals surface area (Å²) in [6.45, 7) is 2.20. The molecule has 2 aromatic rings. The number of ether oxygens (including phenoxy) is 2. The fraction of sp³-hybridized carbons (Fsp3) is 0.333. The highest BCUT2D eigenvalue weighted by Gasteiger charge is 2.15. The second kappa shape index (κ2) is 4.89. The Hall–Kier alpha value is -2.48. The lowest BCUT2D eigenvalue weighted by Crippen LogP contribution is -2.02. The average Bonchev–Trinajstić information content (AvgIpc) is 3.02. The van der Waals surface area contributed by atoms with E-state index >= 15 is 0 Å². The lowest BCUT2D eigenvalue weighted by atomic mass is 10.1. The summed E-state index contributed by atoms with van der Waals surface area (Å²) in [5, 5.41) is 9.12. The van der Waals surface area contributed by atoms with E-state index in [4.69, 9.17) is 14.7 Å². The van der Waals surface area contributed by atoms with Crippen LogP contribution in [0.2, 0.25) is 0 Å². The van der Waals surface area contributed by atoms with E-state index in [0.717, 1.165) is 41.4 Å². The molecule has 3 rings (SSSR count). The molecule has 20 heavy (non-hydrogen) atoms. The molecule has 0 bridgehead atoms. The Morgan fingerprint density at radius 1 is 1.30 bits per heavy atom. The van der Waals surface area contributed by atoms with Crippen LogP contribution in [0.1, 0.15) is 22.8 Å². The van der Waals surface area contributed by atoms with Crippen LogP contribution in [-0.2, 0) is 19.9 Å². The second-order valence-corrected chi connectivity index (χ2v) is 4.81. The fourth-order valence-electron chi connectivity index (χ4n) is 2.39. The summed E-state index contributed by atoms with van der Waals surface area (Å²) in [6.07, 6.45) is 1.62. The minimum Gasteiger partial charge on any atom is -0.454 e. The van der Waals surface area contributed by atoms with Crippen LogP contribution in [0.4, 0.5) is 0 Å². The van der Waals surface area contributed by atoms with Gasteiger partial charge >= 0.3 is 0 Å². The van der Waals surface area contributed by atoms with Crippen molar-refractivity contribution in [2.24, 2.45) is 7.05 Å². The van der Waals surface area contributed by atoms with Gasteiger partial charge in [0.1, 0.15) is 11.9 Å². The molecular formula is C15H15N3O2. The molecule has 102 valence electrons. The van der Waals surface area contributed by atoms with Crippen molar-refractivity contribution in [3.63, 3.8) is 0 Å². The van der Waals surface area contributed by atoms with Crippen molar-refractivity contribution in [2.75, 3.05) is 6.79 Å². The molecule has 0 saturated carbocycles. The summed E-state index contributed by atoms with van der Waals surface area (Å²) in [5.41, 5.74) is 2.66. The number of hydrogen-bond acceptors (Lipinski definition) is 4. The van der Waals surface area contributed by atoms with Gasteiger partial charge in [0.2, 0.25) is 6.79 Å². The maximum Gasteiger partial charge on any atom is 0.231 e. The Labute approximate surface area is 117 Å². The Bertz CT molecular complexity index is 698. The summed E-state index contributed by atoms with van der Waals surface area (Å²) in [5.74, 6) is 2.45. The quantitative estimate of drug-likeness (QED) is 0.856. The molecular weight excluding hydrogens is 254 g/mol. The zero-order valence-electron chi connectivity index (χ0n) is 11.5. The Morgan fingerprint density at radius 2 is 2.10 bits per heavy atom. The van der Waals surface area contributed by atoms with Crippen molar-refractivity contribution < 1.29 is 9.47 Å². The van der Waals surface area contributed by atoms with E-state index in [1.165, 1.54) is 0 Å². The van der Waals surface area contributed by atoms with E-state index in [2.05, 4.69) is 11.1 Å². The van der Waals surface area contributed by atoms with Crippen LogP contribution in [0.25, 0.3) is 0 Å². The van der Waals surface area contributed by atoms with Crippen LogP contribution >= 0.6 is 0 Å². The first-order valence-electron chi connectivity index (χ1n) is 6.50. The van der Waals surface area contributed by atoms with Crippen molar-refractivity contribution in [3.8, 4) is 17.6 Å². The second-order valence-electron chi connectivity index (χ2n) is 4.81. The topological polar surface area (TPSA) is 60.1 Å². The van der Waals surface area contributed by atoms with Crippen molar-refractivity contribution in [1.82, 2.24) is 9.55 Å². The normalized spacial score (nSPS) is 12.4. The van der Waals surface area contributed by atoms with Crippen LogP contribution in [-0.4, -0.2) is 16.3 Å². The molecule has 5 nitrogen and oxygen atoms in total. The molecule has 0 atom stereocenters. The molecule has 1 aromatic heterocycles. The molecule has 0 radical (unpaired) electrons. The first-order chi connectivity index (χ1) is 9.69. The van der Waals surface area contributed by atoms with Gasteiger partial charge in [-0.25, -0.2) is 4.98 Å². The molecule has 1 aliphatic rings. The van der Waals surface area contributed by atoms with Gasteiger partial charge in [0.05, 0.1) is 5.69 Å². The van der Waals surface area contributed by atoms with E-state index < -0.39 is 0 Å². The SMILES string of the molecule is Cc1nc(C#N)c(CCc2ccc3c(c2)OCO3)n1C. The number of rotatable bonds is 3. The number of imidazole rings is 1. The first-order valence-corrected chi connectivity index (χ1v) is 6.50. The third-order valence-electron chi connectivity index (χ3n) is 3.63. The minimum absolute atomic E-state index is 0.290. The molecule has 0 amide bonds. The summed E-state index contributed by atoms with van der Waals surface area (Å²) < 4.78 is 12.6. The molecule has 0 fully saturated rings. The summed E-state index contributed by atoms with van der Waals surface area (Å²) in [4.78, 5) is 4.26. The summed E-state index contributed by atoms with van der Waals surface area (Å²) in [7, 11) is 1.94. The largest absolute Gasteiger partial charge is 0.454 e. The molecule has 0 unspecified atom stereocenters. The van der Waals surface area contributed by atoms with Gasteiger partial charge in [0.15, 0.2) is 17.2 Å². The molecule has 2 heterocycles. The smallest absolute Gasteiger partial charge is 0.231 e. The van der Waals surface area contributed by atoms with Crippen LogP contribution in [0, 0.1) is 18.3 Å². The Kier molecular flexibility index (Phi) is 3.07. The fourth-order valence-corrected chi connectivity index (χ4v) is 2.39. The maximum absolute atomic E-state index is 9.12. The number of fused-ring (bicyclic) bond motifs is 1. The van der Waals surface area contributed by atoms with Gasteiger partial charge < -0.3 is 14.0 Å². The number of nitrogens with zero attached hydrogens (tertiary/aromatic N) is 3. The number of aromatic nitrogens is 2. The number of benzene rings is 1. The van der Waals surface area contributed by atoms with Crippen molar-refractivity contribution in [2.45, 2.75) is 19.8 Å². The zero-order valence-corrected chi connectivity index (χ0v) is 11.5. The van der Waals surface area contributed by atoms with Crippen LogP contribution < -0.4 is 9.47 Å². The van der Waals surface area contributed by atoms with Gasteiger partial charge in [0.25, 0.3) is 0 Å². The van der Waals surface area contributed by atoms with Gasteiger partial charge in [-0.2, -0.15) is 5.26 Å². The van der Waals surface area contributed by atoms with Crippen molar-refractivity contribution in [1.29, 1.82) is 5.26 Å². The molecule has 1 aromatic carbocycles. The predicted octanol–water partition coefficient (Wildman–Crippen LogP) is 2.11. The van der Waals surface area contributed by atoms with E-state index in [-0.39, 0.29) is 6.79 Å². The zero-order chi connectivity index (χ0) is 14.1. The lowest BCUT2D eigenvalue weighted by Gasteiger charge is -2.05. The third-order valence-corrected chi connectivity index (χ3v) is 3.63. The molecule has 1 aliphatic heterocycles. The van der Waals surface area contributed by atoms with Gasteiger partial charge in [-0.15, -0.1) is 0 Å². The number of aryl methyl sites for hydroxylation is 2. The van der Waals surface area contributed by atoms with Gasteiger partial charge in [-0.3, -0.25) is 0 Å². The average molecular weight is 269 g/mol. The highest BCUT2D eigenvalue weighted by atomic mass is 16.7. The molecule has 5 heteroatoms. The van der Waals surface area contributed by atoms with Gasteiger partial charge in [-0.1, -0.05) is 6.07 Å². The van der Waals surface area contributed by atoms with Crippen LogP contribution in [0.3, 0.4) is 0 Å². The maximum atomic E-state index is 9.12. The number of hydrogen-bond donors (Lipinski definition) is 0. The van der Waals surface area contributed by atoms with Crippen LogP contribution in [0.15, 0.2) is 18.2 Å². The molecule has 0 aliphatic carbocycles. The van der Waals surface area contributed by atoms with Gasteiger partial charge in [0, 0.05) is 7.05 Å². The van der Waals surface area contributed by atoms with E-state index in [0.29, 0.717) is 5.69 Å². The first kappa shape index (κ1) is 12.5. The molecule has 0 saturated heterocycles. The van der Waals surface area contributed by atoms with E-state index in [1.54, 1.807) is 0 Å². The third kappa shape index (κ3) is 2.10.